The third-order valence-corrected chi connectivity index (χ3v) is 2.07. The highest BCUT2D eigenvalue weighted by Gasteiger charge is 1.98. The van der Waals surface area contributed by atoms with E-state index in [2.05, 4.69) is 13.8 Å². The summed E-state index contributed by atoms with van der Waals surface area (Å²) in [5, 5.41) is 6.92. The fourth-order valence-electron chi connectivity index (χ4n) is 1.24. The second-order valence-electron chi connectivity index (χ2n) is 3.39. The van der Waals surface area contributed by atoms with Gasteiger partial charge in [0.1, 0.15) is 0 Å². The monoisotopic (exact) mass is 155 g/mol. The van der Waals surface area contributed by atoms with E-state index in [0.717, 1.165) is 12.3 Å². The van der Waals surface area contributed by atoms with E-state index in [1.807, 2.05) is 0 Å². The highest BCUT2D eigenvalue weighted by molar-refractivity contribution is 5.53. The topological polar surface area (TPSA) is 23.9 Å². The lowest BCUT2D eigenvalue weighted by molar-refractivity contribution is 0.505. The van der Waals surface area contributed by atoms with Crippen LogP contribution < -0.4 is 0 Å². The van der Waals surface area contributed by atoms with E-state index in [9.17, 15) is 0 Å². The average molecular weight is 155 g/mol. The van der Waals surface area contributed by atoms with Crippen LogP contribution in [0.2, 0.25) is 0 Å². The molecule has 1 unspecified atom stereocenters. The molecule has 0 heterocycles. The summed E-state index contributed by atoms with van der Waals surface area (Å²) in [6, 6.07) is 0. The van der Waals surface area contributed by atoms with Gasteiger partial charge >= 0.3 is 0 Å². The summed E-state index contributed by atoms with van der Waals surface area (Å²) in [5.74, 6) is 0.726. The third kappa shape index (κ3) is 7.57. The molecular formula is C10H21N. The molecule has 0 aliphatic carbocycles. The first-order chi connectivity index (χ1) is 5.31. The molecule has 0 fully saturated rings. The standard InChI is InChI=1S/C10H21N/c1-3-4-5-6-7-10(2)8-9-11/h9-11H,3-8H2,1-2H3. The predicted molar refractivity (Wildman–Crippen MR) is 51.3 cm³/mol. The normalized spacial score (nSPS) is 12.9. The molecule has 0 spiro atoms. The lowest BCUT2D eigenvalue weighted by Gasteiger charge is -2.06. The summed E-state index contributed by atoms with van der Waals surface area (Å²) in [7, 11) is 0. The zero-order valence-electron chi connectivity index (χ0n) is 7.90. The molecule has 0 amide bonds. The highest BCUT2D eigenvalue weighted by atomic mass is 14.3. The molecular weight excluding hydrogens is 134 g/mol. The quantitative estimate of drug-likeness (QED) is 0.429. The van der Waals surface area contributed by atoms with Gasteiger partial charge in [-0.25, -0.2) is 0 Å². The number of rotatable bonds is 7. The molecule has 0 rings (SSSR count). The second kappa shape index (κ2) is 7.77. The van der Waals surface area contributed by atoms with Crippen molar-refractivity contribution in [2.45, 2.75) is 52.4 Å². The Balaban J connectivity index is 3.03. The van der Waals surface area contributed by atoms with Crippen molar-refractivity contribution in [3.8, 4) is 0 Å². The summed E-state index contributed by atoms with van der Waals surface area (Å²) < 4.78 is 0. The summed E-state index contributed by atoms with van der Waals surface area (Å²) >= 11 is 0. The van der Waals surface area contributed by atoms with Gasteiger partial charge in [0, 0.05) is 0 Å². The third-order valence-electron chi connectivity index (χ3n) is 2.07. The minimum atomic E-state index is 0.726. The zero-order chi connectivity index (χ0) is 8.53. The van der Waals surface area contributed by atoms with Crippen molar-refractivity contribution in [1.29, 1.82) is 5.41 Å². The maximum Gasteiger partial charge on any atom is -0.00451 e. The van der Waals surface area contributed by atoms with Crippen molar-refractivity contribution in [2.75, 3.05) is 0 Å². The Bertz CT molecular complexity index is 88.9. The van der Waals surface area contributed by atoms with Gasteiger partial charge in [-0.3, -0.25) is 0 Å². The molecule has 0 aromatic heterocycles. The molecule has 0 aliphatic rings. The molecule has 1 heteroatoms. The maximum atomic E-state index is 6.92. The lowest BCUT2D eigenvalue weighted by atomic mass is 10.0. The van der Waals surface area contributed by atoms with Crippen LogP contribution in [0.1, 0.15) is 52.4 Å². The minimum absolute atomic E-state index is 0.726. The fraction of sp³-hybridized carbons (Fsp3) is 0.900. The van der Waals surface area contributed by atoms with Gasteiger partial charge in [0.15, 0.2) is 0 Å². The molecule has 66 valence electrons. The Morgan fingerprint density at radius 3 is 2.55 bits per heavy atom. The molecule has 0 bridgehead atoms. The van der Waals surface area contributed by atoms with Gasteiger partial charge in [0.2, 0.25) is 0 Å². The largest absolute Gasteiger partial charge is 0.313 e. The van der Waals surface area contributed by atoms with Gasteiger partial charge in [-0.05, 0) is 18.6 Å². The van der Waals surface area contributed by atoms with Crippen LogP contribution in [-0.2, 0) is 0 Å². The molecule has 11 heavy (non-hydrogen) atoms. The van der Waals surface area contributed by atoms with E-state index in [4.69, 9.17) is 5.41 Å². The van der Waals surface area contributed by atoms with Gasteiger partial charge in [-0.15, -0.1) is 0 Å². The Labute approximate surface area is 70.7 Å². The first-order valence-corrected chi connectivity index (χ1v) is 4.80. The Morgan fingerprint density at radius 2 is 2.00 bits per heavy atom. The summed E-state index contributed by atoms with van der Waals surface area (Å²) in [4.78, 5) is 0. The van der Waals surface area contributed by atoms with E-state index in [-0.39, 0.29) is 0 Å². The van der Waals surface area contributed by atoms with Crippen molar-refractivity contribution in [3.05, 3.63) is 0 Å². The van der Waals surface area contributed by atoms with Gasteiger partial charge in [0.05, 0.1) is 0 Å². The Kier molecular flexibility index (Phi) is 7.54. The zero-order valence-corrected chi connectivity index (χ0v) is 7.90. The van der Waals surface area contributed by atoms with Gasteiger partial charge in [-0.1, -0.05) is 46.0 Å². The van der Waals surface area contributed by atoms with E-state index in [1.54, 1.807) is 0 Å². The van der Waals surface area contributed by atoms with Crippen molar-refractivity contribution >= 4 is 6.21 Å². The van der Waals surface area contributed by atoms with E-state index < -0.39 is 0 Å². The molecule has 1 nitrogen and oxygen atoms in total. The average Bonchev–Trinajstić information content (AvgIpc) is 1.99. The minimum Gasteiger partial charge on any atom is -0.313 e. The molecule has 0 radical (unpaired) electrons. The number of hydrogen-bond donors (Lipinski definition) is 1. The van der Waals surface area contributed by atoms with Crippen LogP contribution in [-0.4, -0.2) is 6.21 Å². The maximum absolute atomic E-state index is 6.92. The number of nitrogens with one attached hydrogen (secondary N) is 1. The van der Waals surface area contributed by atoms with Crippen LogP contribution in [0.4, 0.5) is 0 Å². The second-order valence-corrected chi connectivity index (χ2v) is 3.39. The highest BCUT2D eigenvalue weighted by Crippen LogP contribution is 2.12. The SMILES string of the molecule is CCCCCCC(C)CC=N. The molecule has 0 aromatic carbocycles. The predicted octanol–water partition coefficient (Wildman–Crippen LogP) is 3.63. The van der Waals surface area contributed by atoms with Crippen LogP contribution in [0.5, 0.6) is 0 Å². The van der Waals surface area contributed by atoms with E-state index >= 15 is 0 Å². The summed E-state index contributed by atoms with van der Waals surface area (Å²) in [6.45, 7) is 4.47. The van der Waals surface area contributed by atoms with Crippen LogP contribution in [0.3, 0.4) is 0 Å². The van der Waals surface area contributed by atoms with Crippen molar-refractivity contribution in [3.63, 3.8) is 0 Å². The van der Waals surface area contributed by atoms with Crippen LogP contribution in [0.15, 0.2) is 0 Å². The van der Waals surface area contributed by atoms with Crippen molar-refractivity contribution in [2.24, 2.45) is 5.92 Å². The fourth-order valence-corrected chi connectivity index (χ4v) is 1.24. The lowest BCUT2D eigenvalue weighted by Crippen LogP contribution is -1.94. The molecule has 1 atom stereocenters. The molecule has 0 saturated carbocycles. The van der Waals surface area contributed by atoms with Crippen LogP contribution in [0, 0.1) is 11.3 Å². The number of hydrogen-bond acceptors (Lipinski definition) is 1. The summed E-state index contributed by atoms with van der Waals surface area (Å²) in [5.41, 5.74) is 0. The Hall–Kier alpha value is -0.330. The smallest absolute Gasteiger partial charge is 0.00451 e. The van der Waals surface area contributed by atoms with E-state index in [0.29, 0.717) is 0 Å². The molecule has 0 saturated heterocycles. The molecule has 1 N–H and O–H groups in total. The Morgan fingerprint density at radius 1 is 1.27 bits per heavy atom. The van der Waals surface area contributed by atoms with Gasteiger partial charge in [0.25, 0.3) is 0 Å². The van der Waals surface area contributed by atoms with Gasteiger partial charge in [-0.2, -0.15) is 0 Å². The summed E-state index contributed by atoms with van der Waals surface area (Å²) in [6.07, 6.45) is 9.21. The van der Waals surface area contributed by atoms with Crippen LogP contribution in [0.25, 0.3) is 0 Å². The number of unbranched alkanes of at least 4 members (excludes halogenated alkanes) is 3. The molecule has 0 aromatic rings. The first-order valence-electron chi connectivity index (χ1n) is 4.80. The molecule has 0 aliphatic heterocycles. The van der Waals surface area contributed by atoms with Crippen LogP contribution >= 0.6 is 0 Å². The van der Waals surface area contributed by atoms with E-state index in [1.165, 1.54) is 38.3 Å². The van der Waals surface area contributed by atoms with Gasteiger partial charge < -0.3 is 5.41 Å². The van der Waals surface area contributed by atoms with Crippen molar-refractivity contribution in [1.82, 2.24) is 0 Å². The first kappa shape index (κ1) is 10.7. The van der Waals surface area contributed by atoms with Crippen molar-refractivity contribution < 1.29 is 0 Å².